The van der Waals surface area contributed by atoms with E-state index in [1.54, 1.807) is 19.3 Å². The zero-order valence-electron chi connectivity index (χ0n) is 8.89. The topological polar surface area (TPSA) is 78.4 Å². The number of hydrogen-bond donors (Lipinski definition) is 0. The maximum absolute atomic E-state index is 11.0. The van der Waals surface area contributed by atoms with Gasteiger partial charge in [0.2, 0.25) is 11.7 Å². The van der Waals surface area contributed by atoms with Gasteiger partial charge in [-0.3, -0.25) is 4.79 Å². The van der Waals surface area contributed by atoms with Crippen LogP contribution in [0, 0.1) is 6.92 Å². The van der Waals surface area contributed by atoms with Crippen molar-refractivity contribution in [3.05, 3.63) is 24.0 Å². The van der Waals surface area contributed by atoms with Crippen LogP contribution < -0.4 is 0 Å². The van der Waals surface area contributed by atoms with E-state index >= 15 is 0 Å². The molecule has 0 aliphatic carbocycles. The van der Waals surface area contributed by atoms with Crippen LogP contribution in [0.2, 0.25) is 0 Å². The van der Waals surface area contributed by atoms with Gasteiger partial charge in [0, 0.05) is 0 Å². The molecule has 16 heavy (non-hydrogen) atoms. The van der Waals surface area contributed by atoms with Gasteiger partial charge in [-0.15, -0.1) is 0 Å². The molecule has 0 amide bonds. The molecule has 2 aromatic heterocycles. The predicted molar refractivity (Wildman–Crippen MR) is 52.5 cm³/mol. The molecule has 0 saturated heterocycles. The number of esters is 1. The highest BCUT2D eigenvalue weighted by Gasteiger charge is 2.15. The van der Waals surface area contributed by atoms with E-state index < -0.39 is 5.97 Å². The van der Waals surface area contributed by atoms with E-state index in [0.717, 1.165) is 5.56 Å². The third kappa shape index (κ3) is 1.95. The molecule has 0 radical (unpaired) electrons. The molecule has 0 aliphatic heterocycles. The standard InChI is InChI=1S/C10H10N2O4/c1-6-7(3-4-15-6)10-11-8(16-12-10)5-9(13)14-2/h3-4H,5H2,1-2H3. The first-order valence-corrected chi connectivity index (χ1v) is 4.64. The first kappa shape index (κ1) is 10.4. The van der Waals surface area contributed by atoms with E-state index in [2.05, 4.69) is 14.9 Å². The molecule has 6 heteroatoms. The Morgan fingerprint density at radius 1 is 1.56 bits per heavy atom. The minimum atomic E-state index is -0.417. The second kappa shape index (κ2) is 4.18. The lowest BCUT2D eigenvalue weighted by Gasteiger charge is -1.91. The Bertz CT molecular complexity index is 500. The molecule has 2 heterocycles. The van der Waals surface area contributed by atoms with Gasteiger partial charge in [0.15, 0.2) is 0 Å². The van der Waals surface area contributed by atoms with Crippen molar-refractivity contribution >= 4 is 5.97 Å². The number of ether oxygens (including phenoxy) is 1. The normalized spacial score (nSPS) is 10.4. The Morgan fingerprint density at radius 2 is 2.38 bits per heavy atom. The van der Waals surface area contributed by atoms with Gasteiger partial charge in [-0.2, -0.15) is 4.98 Å². The molecule has 84 valence electrons. The van der Waals surface area contributed by atoms with E-state index in [1.165, 1.54) is 7.11 Å². The van der Waals surface area contributed by atoms with Crippen LogP contribution >= 0.6 is 0 Å². The second-order valence-electron chi connectivity index (χ2n) is 3.16. The molecule has 0 atom stereocenters. The summed E-state index contributed by atoms with van der Waals surface area (Å²) >= 11 is 0. The van der Waals surface area contributed by atoms with Crippen LogP contribution in [0.25, 0.3) is 11.4 Å². The molecule has 0 aliphatic rings. The van der Waals surface area contributed by atoms with Crippen molar-refractivity contribution in [2.75, 3.05) is 7.11 Å². The number of carbonyl (C=O) groups excluding carboxylic acids is 1. The van der Waals surface area contributed by atoms with Crippen molar-refractivity contribution in [2.45, 2.75) is 13.3 Å². The molecule has 0 saturated carbocycles. The summed E-state index contributed by atoms with van der Waals surface area (Å²) in [6.07, 6.45) is 1.52. The molecule has 6 nitrogen and oxygen atoms in total. The third-order valence-corrected chi connectivity index (χ3v) is 2.09. The highest BCUT2D eigenvalue weighted by atomic mass is 16.5. The van der Waals surface area contributed by atoms with Crippen LogP contribution in [0.1, 0.15) is 11.7 Å². The van der Waals surface area contributed by atoms with E-state index in [-0.39, 0.29) is 12.3 Å². The Balaban J connectivity index is 2.20. The zero-order chi connectivity index (χ0) is 11.5. The van der Waals surface area contributed by atoms with Crippen LogP contribution in [0.15, 0.2) is 21.3 Å². The van der Waals surface area contributed by atoms with Gasteiger partial charge < -0.3 is 13.7 Å². The van der Waals surface area contributed by atoms with Crippen molar-refractivity contribution in [2.24, 2.45) is 0 Å². The maximum Gasteiger partial charge on any atom is 0.315 e. The van der Waals surface area contributed by atoms with Crippen LogP contribution in [0.3, 0.4) is 0 Å². The monoisotopic (exact) mass is 222 g/mol. The third-order valence-electron chi connectivity index (χ3n) is 2.09. The number of carbonyl (C=O) groups is 1. The molecular formula is C10H10N2O4. The summed E-state index contributed by atoms with van der Waals surface area (Å²) in [7, 11) is 1.31. The number of methoxy groups -OCH3 is 1. The lowest BCUT2D eigenvalue weighted by Crippen LogP contribution is -2.04. The summed E-state index contributed by atoms with van der Waals surface area (Å²) in [5.41, 5.74) is 0.750. The zero-order valence-corrected chi connectivity index (χ0v) is 8.89. The Morgan fingerprint density at radius 3 is 3.00 bits per heavy atom. The number of rotatable bonds is 3. The summed E-state index contributed by atoms with van der Waals surface area (Å²) < 4.78 is 14.5. The van der Waals surface area contributed by atoms with Gasteiger partial charge in [0.25, 0.3) is 0 Å². The summed E-state index contributed by atoms with van der Waals surface area (Å²) in [4.78, 5) is 15.0. The first-order chi connectivity index (χ1) is 7.70. The molecule has 0 aromatic carbocycles. The van der Waals surface area contributed by atoms with Crippen molar-refractivity contribution in [3.8, 4) is 11.4 Å². The Labute approximate surface area is 91.2 Å². The van der Waals surface area contributed by atoms with Crippen LogP contribution in [0.5, 0.6) is 0 Å². The summed E-state index contributed by atoms with van der Waals surface area (Å²) in [5, 5.41) is 3.75. The minimum Gasteiger partial charge on any atom is -0.469 e. The maximum atomic E-state index is 11.0. The molecule has 0 bridgehead atoms. The van der Waals surface area contributed by atoms with Crippen LogP contribution in [0.4, 0.5) is 0 Å². The van der Waals surface area contributed by atoms with Gasteiger partial charge in [0.1, 0.15) is 12.2 Å². The van der Waals surface area contributed by atoms with E-state index in [4.69, 9.17) is 8.94 Å². The number of nitrogens with zero attached hydrogens (tertiary/aromatic N) is 2. The molecule has 0 N–H and O–H groups in total. The lowest BCUT2D eigenvalue weighted by atomic mass is 10.2. The molecule has 2 rings (SSSR count). The molecule has 0 spiro atoms. The van der Waals surface area contributed by atoms with Crippen molar-refractivity contribution < 1.29 is 18.5 Å². The smallest absolute Gasteiger partial charge is 0.315 e. The van der Waals surface area contributed by atoms with E-state index in [1.807, 2.05) is 0 Å². The number of furan rings is 1. The van der Waals surface area contributed by atoms with Crippen molar-refractivity contribution in [1.82, 2.24) is 10.1 Å². The largest absolute Gasteiger partial charge is 0.469 e. The molecule has 2 aromatic rings. The van der Waals surface area contributed by atoms with Crippen molar-refractivity contribution in [1.29, 1.82) is 0 Å². The van der Waals surface area contributed by atoms with Gasteiger partial charge in [-0.05, 0) is 13.0 Å². The minimum absolute atomic E-state index is 0.0274. The fraction of sp³-hybridized carbons (Fsp3) is 0.300. The van der Waals surface area contributed by atoms with E-state index in [0.29, 0.717) is 11.6 Å². The fourth-order valence-corrected chi connectivity index (χ4v) is 1.25. The summed E-state index contributed by atoms with van der Waals surface area (Å²) in [5.74, 6) is 0.914. The lowest BCUT2D eigenvalue weighted by molar-refractivity contribution is -0.140. The Hall–Kier alpha value is -2.11. The quantitative estimate of drug-likeness (QED) is 0.729. The van der Waals surface area contributed by atoms with Crippen molar-refractivity contribution in [3.63, 3.8) is 0 Å². The SMILES string of the molecule is COC(=O)Cc1nc(-c2ccoc2C)no1. The van der Waals surface area contributed by atoms with E-state index in [9.17, 15) is 4.79 Å². The average Bonchev–Trinajstić information content (AvgIpc) is 2.86. The summed E-state index contributed by atoms with van der Waals surface area (Å²) in [6.45, 7) is 1.80. The molecule has 0 fully saturated rings. The number of aromatic nitrogens is 2. The highest BCUT2D eigenvalue weighted by Crippen LogP contribution is 2.21. The fourth-order valence-electron chi connectivity index (χ4n) is 1.25. The van der Waals surface area contributed by atoms with Gasteiger partial charge in [-0.25, -0.2) is 0 Å². The highest BCUT2D eigenvalue weighted by molar-refractivity contribution is 5.71. The number of aryl methyl sites for hydroxylation is 1. The van der Waals surface area contributed by atoms with Crippen LogP contribution in [-0.2, 0) is 16.0 Å². The van der Waals surface area contributed by atoms with Crippen LogP contribution in [-0.4, -0.2) is 23.2 Å². The molecule has 0 unspecified atom stereocenters. The first-order valence-electron chi connectivity index (χ1n) is 4.64. The molecular weight excluding hydrogens is 212 g/mol. The van der Waals surface area contributed by atoms with Gasteiger partial charge in [0.05, 0.1) is 18.9 Å². The average molecular weight is 222 g/mol. The Kier molecular flexibility index (Phi) is 2.72. The predicted octanol–water partition coefficient (Wildman–Crippen LogP) is 1.35. The van der Waals surface area contributed by atoms with Gasteiger partial charge in [-0.1, -0.05) is 5.16 Å². The van der Waals surface area contributed by atoms with Gasteiger partial charge >= 0.3 is 5.97 Å². The second-order valence-corrected chi connectivity index (χ2v) is 3.16. The number of hydrogen-bond acceptors (Lipinski definition) is 6. The summed E-state index contributed by atoms with van der Waals surface area (Å²) in [6, 6.07) is 1.74.